The molecular weight excluding hydrogens is 673 g/mol. The van der Waals surface area contributed by atoms with Gasteiger partial charge in [-0.25, -0.2) is 0 Å². The number of hydrogen-bond acceptors (Lipinski definition) is 6. The molecule has 0 heterocycles. The fraction of sp³-hybridized carbons (Fsp3) is 0.604. The maximum atomic E-state index is 12.7. The molecule has 1 atom stereocenters. The van der Waals surface area contributed by atoms with Crippen LogP contribution in [0.15, 0.2) is 97.2 Å². The number of rotatable bonds is 36. The monoisotopic (exact) mass is 749 g/mol. The van der Waals surface area contributed by atoms with Gasteiger partial charge in [0.05, 0.1) is 0 Å². The lowest BCUT2D eigenvalue weighted by molar-refractivity contribution is -0.167. The normalized spacial score (nSPS) is 13.0. The molecule has 0 aromatic carbocycles. The van der Waals surface area contributed by atoms with Gasteiger partial charge >= 0.3 is 17.9 Å². The summed E-state index contributed by atoms with van der Waals surface area (Å²) in [5.41, 5.74) is 0. The first-order chi connectivity index (χ1) is 26.5. The van der Waals surface area contributed by atoms with Crippen LogP contribution in [-0.4, -0.2) is 37.2 Å². The Morgan fingerprint density at radius 1 is 0.407 bits per heavy atom. The third-order valence-corrected chi connectivity index (χ3v) is 8.40. The fourth-order valence-electron chi connectivity index (χ4n) is 5.23. The minimum absolute atomic E-state index is 0.119. The number of carbonyl (C=O) groups excluding carboxylic acids is 3. The van der Waals surface area contributed by atoms with E-state index in [0.717, 1.165) is 89.9 Å². The van der Waals surface area contributed by atoms with Crippen molar-refractivity contribution in [3.05, 3.63) is 97.2 Å². The summed E-state index contributed by atoms with van der Waals surface area (Å²) in [6, 6.07) is 0. The first kappa shape index (κ1) is 50.3. The maximum absolute atomic E-state index is 12.7. The molecule has 0 aliphatic heterocycles. The van der Waals surface area contributed by atoms with Crippen LogP contribution in [0.25, 0.3) is 0 Å². The molecule has 0 aliphatic rings. The molecule has 0 spiro atoms. The van der Waals surface area contributed by atoms with Crippen molar-refractivity contribution in [3.63, 3.8) is 0 Å². The van der Waals surface area contributed by atoms with E-state index in [9.17, 15) is 14.4 Å². The second-order valence-electron chi connectivity index (χ2n) is 13.6. The number of ether oxygens (including phenoxy) is 3. The maximum Gasteiger partial charge on any atom is 0.306 e. The lowest BCUT2D eigenvalue weighted by atomic mass is 10.1. The standard InChI is InChI=1S/C48H76O6/c1-4-7-10-13-16-19-22-24-27-29-32-35-38-41-47(50)53-44-45(43-52-46(49)40-37-34-31-28-25-21-18-15-12-9-6-3)54-48(51)42-39-36-33-30-26-23-20-17-14-11-8-5-2/h7,9-10,12-13,16-22,24,27-28,31,45H,4-6,8,11,14-15,23,25-26,29-30,32-44H2,1-3H3/b10-7-,12-9-,16-13-,20-17-,21-18-,22-19-,27-24-,31-28-. The predicted octanol–water partition coefficient (Wildman–Crippen LogP) is 13.5. The van der Waals surface area contributed by atoms with Gasteiger partial charge in [-0.15, -0.1) is 0 Å². The predicted molar refractivity (Wildman–Crippen MR) is 228 cm³/mol. The van der Waals surface area contributed by atoms with Gasteiger partial charge < -0.3 is 14.2 Å². The lowest BCUT2D eigenvalue weighted by Gasteiger charge is -2.18. The Morgan fingerprint density at radius 2 is 0.833 bits per heavy atom. The van der Waals surface area contributed by atoms with E-state index in [1.807, 2.05) is 36.5 Å². The third kappa shape index (κ3) is 39.5. The van der Waals surface area contributed by atoms with Gasteiger partial charge in [-0.2, -0.15) is 0 Å². The first-order valence-electron chi connectivity index (χ1n) is 21.3. The summed E-state index contributed by atoms with van der Waals surface area (Å²) in [6.45, 7) is 6.22. The molecule has 0 bridgehead atoms. The largest absolute Gasteiger partial charge is 0.462 e. The van der Waals surface area contributed by atoms with Gasteiger partial charge in [0.15, 0.2) is 6.10 Å². The second-order valence-corrected chi connectivity index (χ2v) is 13.6. The lowest BCUT2D eigenvalue weighted by Crippen LogP contribution is -2.30. The fourth-order valence-corrected chi connectivity index (χ4v) is 5.23. The van der Waals surface area contributed by atoms with Crippen LogP contribution in [-0.2, 0) is 28.6 Å². The number of unbranched alkanes of at least 4 members (excludes halogenated alkanes) is 12. The summed E-state index contributed by atoms with van der Waals surface area (Å²) in [6.07, 6.45) is 54.0. The molecule has 0 saturated heterocycles. The second kappa shape index (κ2) is 42.1. The molecule has 54 heavy (non-hydrogen) atoms. The smallest absolute Gasteiger partial charge is 0.306 e. The van der Waals surface area contributed by atoms with Gasteiger partial charge in [0, 0.05) is 19.3 Å². The average Bonchev–Trinajstić information content (AvgIpc) is 3.17. The van der Waals surface area contributed by atoms with Crippen molar-refractivity contribution in [2.45, 2.75) is 175 Å². The molecule has 0 saturated carbocycles. The summed E-state index contributed by atoms with van der Waals surface area (Å²) in [4.78, 5) is 37.6. The Labute approximate surface area is 330 Å². The van der Waals surface area contributed by atoms with E-state index in [2.05, 4.69) is 81.5 Å². The molecule has 304 valence electrons. The van der Waals surface area contributed by atoms with Crippen LogP contribution in [0.1, 0.15) is 168 Å². The minimum Gasteiger partial charge on any atom is -0.462 e. The van der Waals surface area contributed by atoms with Crippen LogP contribution < -0.4 is 0 Å². The quantitative estimate of drug-likeness (QED) is 0.0209. The van der Waals surface area contributed by atoms with Gasteiger partial charge in [-0.05, 0) is 89.9 Å². The van der Waals surface area contributed by atoms with E-state index in [-0.39, 0.29) is 37.5 Å². The number of allylic oxidation sites excluding steroid dienone is 16. The van der Waals surface area contributed by atoms with E-state index in [1.54, 1.807) is 0 Å². The Bertz CT molecular complexity index is 1140. The van der Waals surface area contributed by atoms with E-state index < -0.39 is 6.10 Å². The molecule has 0 N–H and O–H groups in total. The highest BCUT2D eigenvalue weighted by atomic mass is 16.6. The van der Waals surface area contributed by atoms with Gasteiger partial charge in [-0.1, -0.05) is 157 Å². The highest BCUT2D eigenvalue weighted by molar-refractivity contribution is 5.71. The van der Waals surface area contributed by atoms with Crippen molar-refractivity contribution >= 4 is 17.9 Å². The zero-order valence-corrected chi connectivity index (χ0v) is 34.4. The third-order valence-electron chi connectivity index (χ3n) is 8.40. The van der Waals surface area contributed by atoms with Crippen LogP contribution in [0.3, 0.4) is 0 Å². The number of esters is 3. The van der Waals surface area contributed by atoms with Gasteiger partial charge in [0.1, 0.15) is 13.2 Å². The number of carbonyl (C=O) groups is 3. The van der Waals surface area contributed by atoms with Crippen molar-refractivity contribution in [2.75, 3.05) is 13.2 Å². The van der Waals surface area contributed by atoms with Crippen LogP contribution in [0.2, 0.25) is 0 Å². The Hall–Kier alpha value is -3.67. The molecule has 0 aliphatic carbocycles. The van der Waals surface area contributed by atoms with Gasteiger partial charge in [0.25, 0.3) is 0 Å². The van der Waals surface area contributed by atoms with E-state index in [0.29, 0.717) is 19.3 Å². The molecule has 1 unspecified atom stereocenters. The van der Waals surface area contributed by atoms with Crippen LogP contribution in [0.4, 0.5) is 0 Å². The SMILES string of the molecule is CC\C=C/C=C\C=C/C=C\CCCCCC(=O)OCC(COC(=O)CCC/C=C\C/C=C\C/C=C\CC)OC(=O)CCCCCCC/C=C\CCCCC. The van der Waals surface area contributed by atoms with Crippen molar-refractivity contribution in [3.8, 4) is 0 Å². The van der Waals surface area contributed by atoms with Crippen molar-refractivity contribution in [1.29, 1.82) is 0 Å². The Kier molecular flexibility index (Phi) is 39.2. The van der Waals surface area contributed by atoms with E-state index in [4.69, 9.17) is 14.2 Å². The first-order valence-corrected chi connectivity index (χ1v) is 21.3. The summed E-state index contributed by atoms with van der Waals surface area (Å²) < 4.78 is 16.6. The average molecular weight is 749 g/mol. The summed E-state index contributed by atoms with van der Waals surface area (Å²) in [5, 5.41) is 0. The van der Waals surface area contributed by atoms with Gasteiger partial charge in [-0.3, -0.25) is 14.4 Å². The molecule has 0 rings (SSSR count). The van der Waals surface area contributed by atoms with E-state index >= 15 is 0 Å². The van der Waals surface area contributed by atoms with Crippen molar-refractivity contribution in [1.82, 2.24) is 0 Å². The minimum atomic E-state index is -0.816. The molecule has 0 fully saturated rings. The van der Waals surface area contributed by atoms with Crippen molar-refractivity contribution in [2.24, 2.45) is 0 Å². The molecule has 0 aromatic rings. The molecule has 6 heteroatoms. The summed E-state index contributed by atoms with van der Waals surface area (Å²) >= 11 is 0. The molecule has 0 aromatic heterocycles. The van der Waals surface area contributed by atoms with E-state index in [1.165, 1.54) is 32.1 Å². The highest BCUT2D eigenvalue weighted by Gasteiger charge is 2.19. The molecular formula is C48H76O6. The highest BCUT2D eigenvalue weighted by Crippen LogP contribution is 2.11. The zero-order valence-electron chi connectivity index (χ0n) is 34.4. The summed E-state index contributed by atoms with van der Waals surface area (Å²) in [7, 11) is 0. The van der Waals surface area contributed by atoms with Crippen molar-refractivity contribution < 1.29 is 28.6 Å². The Balaban J connectivity index is 4.55. The molecule has 0 radical (unpaired) electrons. The Morgan fingerprint density at radius 3 is 1.46 bits per heavy atom. The van der Waals surface area contributed by atoms with Crippen LogP contribution >= 0.6 is 0 Å². The topological polar surface area (TPSA) is 78.9 Å². The molecule has 0 amide bonds. The molecule has 6 nitrogen and oxygen atoms in total. The zero-order chi connectivity index (χ0) is 39.4. The van der Waals surface area contributed by atoms with Gasteiger partial charge in [0.2, 0.25) is 0 Å². The van der Waals surface area contributed by atoms with Crippen LogP contribution in [0, 0.1) is 0 Å². The van der Waals surface area contributed by atoms with Crippen LogP contribution in [0.5, 0.6) is 0 Å². The number of hydrogen-bond donors (Lipinski definition) is 0. The summed E-state index contributed by atoms with van der Waals surface area (Å²) in [5.74, 6) is -1.03.